The van der Waals surface area contributed by atoms with Gasteiger partial charge in [0.05, 0.1) is 6.10 Å². The zero-order chi connectivity index (χ0) is 11.3. The smallest absolute Gasteiger partial charge is 0.238 e. The van der Waals surface area contributed by atoms with Gasteiger partial charge in [-0.25, -0.2) is 8.78 Å². The Kier molecular flexibility index (Phi) is 4.53. The van der Waals surface area contributed by atoms with Crippen LogP contribution in [0.3, 0.4) is 0 Å². The number of aryl methyl sites for hydroxylation is 1. The highest BCUT2D eigenvalue weighted by molar-refractivity contribution is 5.26. The van der Waals surface area contributed by atoms with Gasteiger partial charge in [0.15, 0.2) is 0 Å². The Balaban J connectivity index is 2.37. The molecule has 1 aromatic rings. The van der Waals surface area contributed by atoms with Crippen LogP contribution in [0.15, 0.2) is 24.3 Å². The molecule has 0 aliphatic rings. The first-order chi connectivity index (χ1) is 7.08. The molecule has 0 saturated carbocycles. The van der Waals surface area contributed by atoms with Gasteiger partial charge in [0.2, 0.25) is 6.43 Å². The third-order valence-corrected chi connectivity index (χ3v) is 2.15. The van der Waals surface area contributed by atoms with Crippen LogP contribution in [0, 0.1) is 6.92 Å². The van der Waals surface area contributed by atoms with Gasteiger partial charge in [-0.3, -0.25) is 0 Å². The van der Waals surface area contributed by atoms with Crippen LogP contribution < -0.4 is 4.74 Å². The molecule has 0 fully saturated rings. The summed E-state index contributed by atoms with van der Waals surface area (Å²) < 4.78 is 29.3. The fourth-order valence-corrected chi connectivity index (χ4v) is 1.27. The zero-order valence-electron chi connectivity index (χ0n) is 9.04. The van der Waals surface area contributed by atoms with Gasteiger partial charge in [0, 0.05) is 6.42 Å². The van der Waals surface area contributed by atoms with Crippen LogP contribution in [0.1, 0.15) is 25.3 Å². The van der Waals surface area contributed by atoms with E-state index in [2.05, 4.69) is 0 Å². The molecular weight excluding hydrogens is 198 g/mol. The van der Waals surface area contributed by atoms with Crippen molar-refractivity contribution >= 4 is 0 Å². The summed E-state index contributed by atoms with van der Waals surface area (Å²) in [5.74, 6) is 0.738. The molecule has 0 N–H and O–H groups in total. The van der Waals surface area contributed by atoms with Crippen molar-refractivity contribution in [3.8, 4) is 5.75 Å². The summed E-state index contributed by atoms with van der Waals surface area (Å²) in [6.07, 6.45) is -2.13. The lowest BCUT2D eigenvalue weighted by Gasteiger charge is -2.14. The Morgan fingerprint density at radius 3 is 2.27 bits per heavy atom. The summed E-state index contributed by atoms with van der Waals surface area (Å²) in [5, 5.41) is 0. The van der Waals surface area contributed by atoms with E-state index in [4.69, 9.17) is 4.74 Å². The van der Waals surface area contributed by atoms with Crippen LogP contribution in [0.25, 0.3) is 0 Å². The van der Waals surface area contributed by atoms with Crippen molar-refractivity contribution in [1.82, 2.24) is 0 Å². The van der Waals surface area contributed by atoms with E-state index in [9.17, 15) is 8.78 Å². The predicted octanol–water partition coefficient (Wildman–Crippen LogP) is 3.81. The molecule has 0 aliphatic heterocycles. The van der Waals surface area contributed by atoms with E-state index < -0.39 is 6.43 Å². The summed E-state index contributed by atoms with van der Waals surface area (Å²) in [7, 11) is 0. The second-order valence-corrected chi connectivity index (χ2v) is 3.71. The molecule has 0 saturated heterocycles. The average molecular weight is 214 g/mol. The number of hydrogen-bond acceptors (Lipinski definition) is 1. The molecule has 0 radical (unpaired) electrons. The maximum absolute atomic E-state index is 11.9. The molecule has 1 nitrogen and oxygen atoms in total. The van der Waals surface area contributed by atoms with Gasteiger partial charge in [-0.2, -0.15) is 0 Å². The van der Waals surface area contributed by atoms with Crippen molar-refractivity contribution in [3.05, 3.63) is 29.8 Å². The molecule has 0 heterocycles. The normalized spacial score (nSPS) is 12.9. The SMILES string of the molecule is Cc1ccc(OC(C)CCC(F)F)cc1. The lowest BCUT2D eigenvalue weighted by atomic mass is 10.2. The van der Waals surface area contributed by atoms with Crippen molar-refractivity contribution in [3.63, 3.8) is 0 Å². The third-order valence-electron chi connectivity index (χ3n) is 2.15. The van der Waals surface area contributed by atoms with Gasteiger partial charge >= 0.3 is 0 Å². The van der Waals surface area contributed by atoms with E-state index in [1.54, 1.807) is 0 Å². The second kappa shape index (κ2) is 5.69. The molecule has 0 spiro atoms. The molecule has 0 aromatic heterocycles. The number of rotatable bonds is 5. The molecule has 84 valence electrons. The van der Waals surface area contributed by atoms with Crippen LogP contribution in [0.2, 0.25) is 0 Å². The van der Waals surface area contributed by atoms with Gasteiger partial charge in [0.1, 0.15) is 5.75 Å². The number of ether oxygens (including phenoxy) is 1. The van der Waals surface area contributed by atoms with Crippen molar-refractivity contribution in [2.75, 3.05) is 0 Å². The van der Waals surface area contributed by atoms with Gasteiger partial charge in [-0.05, 0) is 32.4 Å². The quantitative estimate of drug-likeness (QED) is 0.724. The summed E-state index contributed by atoms with van der Waals surface area (Å²) in [6, 6.07) is 7.59. The minimum Gasteiger partial charge on any atom is -0.491 e. The Morgan fingerprint density at radius 2 is 1.73 bits per heavy atom. The molecule has 1 atom stereocenters. The Bertz CT molecular complexity index is 282. The standard InChI is InChI=1S/C12H16F2O/c1-9-3-6-11(7-4-9)15-10(2)5-8-12(13)14/h3-4,6-7,10,12H,5,8H2,1-2H3. The van der Waals surface area contributed by atoms with Gasteiger partial charge in [0.25, 0.3) is 0 Å². The van der Waals surface area contributed by atoms with E-state index in [1.807, 2.05) is 38.1 Å². The van der Waals surface area contributed by atoms with Crippen LogP contribution in [-0.4, -0.2) is 12.5 Å². The van der Waals surface area contributed by atoms with E-state index in [0.717, 1.165) is 11.3 Å². The topological polar surface area (TPSA) is 9.23 Å². The Labute approximate surface area is 89.1 Å². The summed E-state index contributed by atoms with van der Waals surface area (Å²) in [4.78, 5) is 0. The fourth-order valence-electron chi connectivity index (χ4n) is 1.27. The molecule has 3 heteroatoms. The third kappa shape index (κ3) is 4.77. The number of alkyl halides is 2. The van der Waals surface area contributed by atoms with E-state index in [0.29, 0.717) is 6.42 Å². The van der Waals surface area contributed by atoms with Crippen molar-refractivity contribution < 1.29 is 13.5 Å². The van der Waals surface area contributed by atoms with Crippen molar-refractivity contribution in [2.24, 2.45) is 0 Å². The number of halogens is 2. The van der Waals surface area contributed by atoms with Crippen molar-refractivity contribution in [2.45, 2.75) is 39.2 Å². The maximum Gasteiger partial charge on any atom is 0.238 e. The first kappa shape index (κ1) is 12.0. The monoisotopic (exact) mass is 214 g/mol. The minimum absolute atomic E-state index is 0.104. The van der Waals surface area contributed by atoms with E-state index in [-0.39, 0.29) is 12.5 Å². The van der Waals surface area contributed by atoms with Crippen LogP contribution in [0.5, 0.6) is 5.75 Å². The molecule has 0 aliphatic carbocycles. The molecular formula is C12H16F2O. The molecule has 1 rings (SSSR count). The summed E-state index contributed by atoms with van der Waals surface area (Å²) in [6.45, 7) is 3.80. The largest absolute Gasteiger partial charge is 0.491 e. The number of hydrogen-bond donors (Lipinski definition) is 0. The van der Waals surface area contributed by atoms with E-state index >= 15 is 0 Å². The van der Waals surface area contributed by atoms with Crippen molar-refractivity contribution in [1.29, 1.82) is 0 Å². The Morgan fingerprint density at radius 1 is 1.13 bits per heavy atom. The fraction of sp³-hybridized carbons (Fsp3) is 0.500. The van der Waals surface area contributed by atoms with Crippen LogP contribution in [-0.2, 0) is 0 Å². The molecule has 15 heavy (non-hydrogen) atoms. The summed E-state index contributed by atoms with van der Waals surface area (Å²) >= 11 is 0. The lowest BCUT2D eigenvalue weighted by molar-refractivity contribution is 0.110. The Hall–Kier alpha value is -1.12. The highest BCUT2D eigenvalue weighted by Gasteiger charge is 2.08. The maximum atomic E-state index is 11.9. The first-order valence-corrected chi connectivity index (χ1v) is 5.09. The van der Waals surface area contributed by atoms with Crippen LogP contribution in [0.4, 0.5) is 8.78 Å². The van der Waals surface area contributed by atoms with E-state index in [1.165, 1.54) is 0 Å². The molecule has 0 bridgehead atoms. The highest BCUT2D eigenvalue weighted by atomic mass is 19.3. The summed E-state index contributed by atoms with van der Waals surface area (Å²) in [5.41, 5.74) is 1.16. The van der Waals surface area contributed by atoms with Gasteiger partial charge in [-0.1, -0.05) is 17.7 Å². The minimum atomic E-state index is -2.24. The first-order valence-electron chi connectivity index (χ1n) is 5.09. The molecule has 1 unspecified atom stereocenters. The predicted molar refractivity (Wildman–Crippen MR) is 56.5 cm³/mol. The zero-order valence-corrected chi connectivity index (χ0v) is 9.04. The highest BCUT2D eigenvalue weighted by Crippen LogP contribution is 2.16. The number of benzene rings is 1. The molecule has 1 aromatic carbocycles. The van der Waals surface area contributed by atoms with Gasteiger partial charge in [-0.15, -0.1) is 0 Å². The lowest BCUT2D eigenvalue weighted by Crippen LogP contribution is -2.13. The molecule has 0 amide bonds. The second-order valence-electron chi connectivity index (χ2n) is 3.71. The average Bonchev–Trinajstić information content (AvgIpc) is 2.19. The van der Waals surface area contributed by atoms with Crippen LogP contribution >= 0.6 is 0 Å². The van der Waals surface area contributed by atoms with Gasteiger partial charge < -0.3 is 4.74 Å².